The van der Waals surface area contributed by atoms with Gasteiger partial charge in [-0.15, -0.1) is 0 Å². The highest BCUT2D eigenvalue weighted by atomic mass is 16.4. The number of carboxylic acids is 1. The Bertz CT molecular complexity index is 428. The molecule has 136 valence electrons. The molecule has 0 aromatic heterocycles. The van der Waals surface area contributed by atoms with Crippen molar-refractivity contribution in [2.45, 2.75) is 84.0 Å². The van der Waals surface area contributed by atoms with E-state index in [1.807, 2.05) is 12.1 Å². The maximum absolute atomic E-state index is 10.8. The van der Waals surface area contributed by atoms with Crippen LogP contribution < -0.4 is 5.32 Å². The van der Waals surface area contributed by atoms with Crippen LogP contribution in [0.15, 0.2) is 24.3 Å². The summed E-state index contributed by atoms with van der Waals surface area (Å²) in [5.74, 6) is -0.873. The summed E-state index contributed by atoms with van der Waals surface area (Å²) in [6, 6.07) is 6.97. The molecule has 3 heteroatoms. The number of rotatable bonds is 15. The van der Waals surface area contributed by atoms with Crippen LogP contribution in [0.25, 0.3) is 0 Å². The molecule has 0 spiro atoms. The van der Waals surface area contributed by atoms with Crippen molar-refractivity contribution in [1.82, 2.24) is 0 Å². The molecule has 2 N–H and O–H groups in total. The summed E-state index contributed by atoms with van der Waals surface area (Å²) >= 11 is 0. The van der Waals surface area contributed by atoms with Crippen LogP contribution in [0.1, 0.15) is 94.3 Å². The summed E-state index contributed by atoms with van der Waals surface area (Å²) < 4.78 is 0. The minimum Gasteiger partial charge on any atom is -0.478 e. The molecule has 0 amide bonds. The number of carbonyl (C=O) groups is 1. The van der Waals surface area contributed by atoms with Crippen LogP contribution in [0.4, 0.5) is 5.69 Å². The van der Waals surface area contributed by atoms with Crippen LogP contribution in [0.2, 0.25) is 0 Å². The van der Waals surface area contributed by atoms with Gasteiger partial charge in [0, 0.05) is 12.2 Å². The molecule has 0 atom stereocenters. The molecule has 3 nitrogen and oxygen atoms in total. The van der Waals surface area contributed by atoms with Gasteiger partial charge in [-0.1, -0.05) is 77.6 Å². The van der Waals surface area contributed by atoms with Crippen molar-refractivity contribution in [3.8, 4) is 0 Å². The first-order valence-electron chi connectivity index (χ1n) is 9.81. The van der Waals surface area contributed by atoms with Crippen molar-refractivity contribution in [3.05, 3.63) is 29.8 Å². The Hall–Kier alpha value is -1.51. The lowest BCUT2D eigenvalue weighted by molar-refractivity contribution is 0.0697. The van der Waals surface area contributed by atoms with Gasteiger partial charge in [-0.3, -0.25) is 0 Å². The lowest BCUT2D eigenvalue weighted by atomic mass is 10.1. The van der Waals surface area contributed by atoms with Gasteiger partial charge in [0.2, 0.25) is 0 Å². The summed E-state index contributed by atoms with van der Waals surface area (Å²) in [5, 5.41) is 12.2. The number of anilines is 1. The Morgan fingerprint density at radius 1 is 0.792 bits per heavy atom. The Morgan fingerprint density at radius 3 is 1.71 bits per heavy atom. The molecular formula is C21H35NO2. The van der Waals surface area contributed by atoms with E-state index in [-0.39, 0.29) is 0 Å². The zero-order valence-electron chi connectivity index (χ0n) is 15.4. The highest BCUT2D eigenvalue weighted by Gasteiger charge is 2.01. The Balaban J connectivity index is 1.87. The zero-order chi connectivity index (χ0) is 17.5. The maximum atomic E-state index is 10.8. The molecule has 0 bridgehead atoms. The first kappa shape index (κ1) is 20.5. The monoisotopic (exact) mass is 333 g/mol. The predicted octanol–water partition coefficient (Wildman–Crippen LogP) is 6.50. The van der Waals surface area contributed by atoms with Crippen molar-refractivity contribution >= 4 is 11.7 Å². The molecule has 0 saturated heterocycles. The fourth-order valence-electron chi connectivity index (χ4n) is 2.93. The van der Waals surface area contributed by atoms with Crippen LogP contribution in [0, 0.1) is 0 Å². The second kappa shape index (κ2) is 13.9. The van der Waals surface area contributed by atoms with Gasteiger partial charge in [0.05, 0.1) is 5.56 Å². The minimum absolute atomic E-state index is 0.339. The van der Waals surface area contributed by atoms with Gasteiger partial charge >= 0.3 is 5.97 Å². The standard InChI is InChI=1S/C21H35NO2/c1-2-3-4-5-6-7-8-9-10-11-12-13-18-22-20-16-14-19(15-17-20)21(23)24/h14-17,22H,2-13,18H2,1H3,(H,23,24). The Labute approximate surface area is 147 Å². The average Bonchev–Trinajstić information content (AvgIpc) is 2.59. The van der Waals surface area contributed by atoms with Crippen molar-refractivity contribution in [1.29, 1.82) is 0 Å². The van der Waals surface area contributed by atoms with Crippen LogP contribution in [-0.2, 0) is 0 Å². The second-order valence-corrected chi connectivity index (χ2v) is 6.70. The number of unbranched alkanes of at least 4 members (excludes halogenated alkanes) is 11. The topological polar surface area (TPSA) is 49.3 Å². The Morgan fingerprint density at radius 2 is 1.25 bits per heavy atom. The van der Waals surface area contributed by atoms with E-state index in [0.717, 1.165) is 12.2 Å². The van der Waals surface area contributed by atoms with E-state index >= 15 is 0 Å². The van der Waals surface area contributed by atoms with Crippen LogP contribution >= 0.6 is 0 Å². The third kappa shape index (κ3) is 10.3. The number of benzene rings is 1. The maximum Gasteiger partial charge on any atom is 0.335 e. The highest BCUT2D eigenvalue weighted by molar-refractivity contribution is 5.87. The van der Waals surface area contributed by atoms with E-state index in [9.17, 15) is 4.79 Å². The summed E-state index contributed by atoms with van der Waals surface area (Å²) in [6.45, 7) is 3.23. The van der Waals surface area contributed by atoms with Gasteiger partial charge in [0.15, 0.2) is 0 Å². The molecular weight excluding hydrogens is 298 g/mol. The van der Waals surface area contributed by atoms with Gasteiger partial charge in [0.1, 0.15) is 0 Å². The molecule has 1 aromatic carbocycles. The van der Waals surface area contributed by atoms with Crippen LogP contribution in [0.3, 0.4) is 0 Å². The van der Waals surface area contributed by atoms with Gasteiger partial charge < -0.3 is 10.4 Å². The van der Waals surface area contributed by atoms with Crippen LogP contribution in [-0.4, -0.2) is 17.6 Å². The summed E-state index contributed by atoms with van der Waals surface area (Å²) in [7, 11) is 0. The number of hydrogen-bond donors (Lipinski definition) is 2. The van der Waals surface area contributed by atoms with E-state index in [1.165, 1.54) is 77.0 Å². The summed E-state index contributed by atoms with van der Waals surface area (Å²) in [4.78, 5) is 10.8. The fourth-order valence-corrected chi connectivity index (χ4v) is 2.93. The molecule has 24 heavy (non-hydrogen) atoms. The van der Waals surface area contributed by atoms with E-state index < -0.39 is 5.97 Å². The van der Waals surface area contributed by atoms with Crippen molar-refractivity contribution in [2.24, 2.45) is 0 Å². The van der Waals surface area contributed by atoms with E-state index in [0.29, 0.717) is 5.56 Å². The predicted molar refractivity (Wildman–Crippen MR) is 103 cm³/mol. The summed E-state index contributed by atoms with van der Waals surface area (Å²) in [5.41, 5.74) is 1.34. The Kier molecular flexibility index (Phi) is 11.9. The van der Waals surface area contributed by atoms with Gasteiger partial charge in [-0.25, -0.2) is 4.79 Å². The largest absolute Gasteiger partial charge is 0.478 e. The molecule has 0 unspecified atom stereocenters. The van der Waals surface area contributed by atoms with E-state index in [4.69, 9.17) is 5.11 Å². The van der Waals surface area contributed by atoms with Crippen molar-refractivity contribution in [2.75, 3.05) is 11.9 Å². The van der Waals surface area contributed by atoms with Crippen molar-refractivity contribution in [3.63, 3.8) is 0 Å². The molecule has 1 rings (SSSR count). The van der Waals surface area contributed by atoms with Crippen LogP contribution in [0.5, 0.6) is 0 Å². The molecule has 0 radical (unpaired) electrons. The van der Waals surface area contributed by atoms with Gasteiger partial charge in [0.25, 0.3) is 0 Å². The molecule has 0 aliphatic heterocycles. The number of hydrogen-bond acceptors (Lipinski definition) is 2. The first-order valence-corrected chi connectivity index (χ1v) is 9.81. The normalized spacial score (nSPS) is 10.7. The van der Waals surface area contributed by atoms with Gasteiger partial charge in [-0.05, 0) is 30.7 Å². The lowest BCUT2D eigenvalue weighted by Gasteiger charge is -2.07. The number of nitrogens with one attached hydrogen (secondary N) is 1. The van der Waals surface area contributed by atoms with Gasteiger partial charge in [-0.2, -0.15) is 0 Å². The molecule has 0 heterocycles. The molecule has 0 fully saturated rings. The quantitative estimate of drug-likeness (QED) is 0.360. The average molecular weight is 334 g/mol. The highest BCUT2D eigenvalue weighted by Crippen LogP contribution is 2.13. The third-order valence-corrected chi connectivity index (χ3v) is 4.49. The fraction of sp³-hybridized carbons (Fsp3) is 0.667. The zero-order valence-corrected chi connectivity index (χ0v) is 15.4. The second-order valence-electron chi connectivity index (χ2n) is 6.70. The third-order valence-electron chi connectivity index (χ3n) is 4.49. The number of carboxylic acid groups (broad SMARTS) is 1. The molecule has 0 saturated carbocycles. The molecule has 0 aliphatic rings. The van der Waals surface area contributed by atoms with Crippen molar-refractivity contribution < 1.29 is 9.90 Å². The SMILES string of the molecule is CCCCCCCCCCCCCCNc1ccc(C(=O)O)cc1. The first-order chi connectivity index (χ1) is 11.7. The summed E-state index contributed by atoms with van der Waals surface area (Å²) in [6.07, 6.45) is 16.3. The molecule has 0 aliphatic carbocycles. The minimum atomic E-state index is -0.873. The molecule has 1 aromatic rings. The smallest absolute Gasteiger partial charge is 0.335 e. The van der Waals surface area contributed by atoms with E-state index in [2.05, 4.69) is 12.2 Å². The number of aromatic carboxylic acids is 1. The van der Waals surface area contributed by atoms with E-state index in [1.54, 1.807) is 12.1 Å². The lowest BCUT2D eigenvalue weighted by Crippen LogP contribution is -2.02.